The lowest BCUT2D eigenvalue weighted by Crippen LogP contribution is -2.61. The first-order valence-corrected chi connectivity index (χ1v) is 23.2. The van der Waals surface area contributed by atoms with Crippen LogP contribution in [0.1, 0.15) is 140 Å². The van der Waals surface area contributed by atoms with Gasteiger partial charge in [0.25, 0.3) is 6.71 Å². The molecule has 7 aromatic rings. The molecular weight excluding hydrogens is 751 g/mol. The Morgan fingerprint density at radius 2 is 1.05 bits per heavy atom. The first-order valence-electron chi connectivity index (χ1n) is 23.2. The van der Waals surface area contributed by atoms with E-state index in [1.54, 1.807) is 0 Å². The first-order chi connectivity index (χ1) is 29.1. The summed E-state index contributed by atoms with van der Waals surface area (Å²) in [5, 5.41) is 2.35. The summed E-state index contributed by atoms with van der Waals surface area (Å²) in [7, 11) is 0. The molecule has 0 unspecified atom stereocenters. The zero-order valence-electron chi connectivity index (χ0n) is 39.7. The normalized spacial score (nSPS) is 18.7. The Hall–Kier alpha value is -5.22. The predicted octanol–water partition coefficient (Wildman–Crippen LogP) is 14.2. The zero-order chi connectivity index (χ0) is 43.8. The number of nitrogens with zero attached hydrogens (tertiary/aromatic N) is 2. The van der Waals surface area contributed by atoms with Gasteiger partial charge in [0.2, 0.25) is 0 Å². The Morgan fingerprint density at radius 1 is 0.500 bits per heavy atom. The van der Waals surface area contributed by atoms with Crippen LogP contribution in [0.5, 0.6) is 0 Å². The van der Waals surface area contributed by atoms with Gasteiger partial charge in [-0.05, 0) is 183 Å². The summed E-state index contributed by atoms with van der Waals surface area (Å²) < 4.78 is 6.89. The van der Waals surface area contributed by atoms with E-state index in [4.69, 9.17) is 4.42 Å². The molecule has 0 atom stereocenters. The molecule has 3 nitrogen and oxygen atoms in total. The van der Waals surface area contributed by atoms with E-state index < -0.39 is 0 Å². The molecule has 0 fully saturated rings. The Labute approximate surface area is 370 Å². The van der Waals surface area contributed by atoms with Crippen LogP contribution in [0.15, 0.2) is 95.4 Å². The van der Waals surface area contributed by atoms with Crippen molar-refractivity contribution in [3.8, 4) is 0 Å². The van der Waals surface area contributed by atoms with Crippen LogP contribution in [0.3, 0.4) is 0 Å². The van der Waals surface area contributed by atoms with E-state index in [0.29, 0.717) is 0 Å². The van der Waals surface area contributed by atoms with Gasteiger partial charge in [0.1, 0.15) is 11.2 Å². The maximum atomic E-state index is 6.89. The van der Waals surface area contributed by atoms with Crippen molar-refractivity contribution in [3.05, 3.63) is 136 Å². The van der Waals surface area contributed by atoms with Gasteiger partial charge in [-0.3, -0.25) is 0 Å². The maximum Gasteiger partial charge on any atom is 0.252 e. The molecule has 2 aliphatic carbocycles. The summed E-state index contributed by atoms with van der Waals surface area (Å²) in [5.41, 5.74) is 25.0. The van der Waals surface area contributed by atoms with Gasteiger partial charge >= 0.3 is 0 Å². The molecule has 0 saturated heterocycles. The van der Waals surface area contributed by atoms with E-state index in [9.17, 15) is 0 Å². The first kappa shape index (κ1) is 39.6. The summed E-state index contributed by atoms with van der Waals surface area (Å²) in [6.07, 6.45) is 3.50. The van der Waals surface area contributed by atoms with Crippen LogP contribution in [0.2, 0.25) is 0 Å². The topological polar surface area (TPSA) is 19.6 Å². The minimum Gasteiger partial charge on any atom is -0.456 e. The predicted molar refractivity (Wildman–Crippen MR) is 267 cm³/mol. The summed E-state index contributed by atoms with van der Waals surface area (Å²) in [4.78, 5) is 5.29. The minimum absolute atomic E-state index is 0.00277. The molecule has 0 amide bonds. The quantitative estimate of drug-likeness (QED) is 0.162. The van der Waals surface area contributed by atoms with Crippen molar-refractivity contribution < 1.29 is 4.42 Å². The fourth-order valence-corrected chi connectivity index (χ4v) is 12.6. The largest absolute Gasteiger partial charge is 0.456 e. The van der Waals surface area contributed by atoms with E-state index in [2.05, 4.69) is 198 Å². The highest BCUT2D eigenvalue weighted by atomic mass is 16.3. The smallest absolute Gasteiger partial charge is 0.252 e. The van der Waals surface area contributed by atoms with Crippen LogP contribution < -0.4 is 26.2 Å². The van der Waals surface area contributed by atoms with Gasteiger partial charge in [-0.2, -0.15) is 0 Å². The van der Waals surface area contributed by atoms with Crippen molar-refractivity contribution in [3.63, 3.8) is 0 Å². The molecule has 11 rings (SSSR count). The Morgan fingerprint density at radius 3 is 1.71 bits per heavy atom. The number of hydrogen-bond donors (Lipinski definition) is 0. The number of rotatable bonds is 2. The molecule has 62 heavy (non-hydrogen) atoms. The average molecular weight is 815 g/mol. The molecule has 4 aliphatic rings. The van der Waals surface area contributed by atoms with E-state index in [-0.39, 0.29) is 33.8 Å². The molecule has 2 aliphatic heterocycles. The van der Waals surface area contributed by atoms with E-state index in [1.807, 2.05) is 0 Å². The Bertz CT molecular complexity index is 3090. The van der Waals surface area contributed by atoms with Gasteiger partial charge in [0, 0.05) is 44.9 Å². The maximum absolute atomic E-state index is 6.89. The van der Waals surface area contributed by atoms with Gasteiger partial charge < -0.3 is 14.2 Å². The van der Waals surface area contributed by atoms with Crippen molar-refractivity contribution in [1.29, 1.82) is 0 Å². The van der Waals surface area contributed by atoms with Gasteiger partial charge in [-0.25, -0.2) is 0 Å². The molecule has 4 heteroatoms. The van der Waals surface area contributed by atoms with Crippen LogP contribution >= 0.6 is 0 Å². The zero-order valence-corrected chi connectivity index (χ0v) is 39.7. The molecule has 0 N–H and O–H groups in total. The number of benzene rings is 6. The number of hydrogen-bond acceptors (Lipinski definition) is 3. The van der Waals surface area contributed by atoms with Crippen molar-refractivity contribution in [2.24, 2.45) is 0 Å². The third kappa shape index (κ3) is 5.50. The number of anilines is 6. The molecule has 6 aromatic carbocycles. The second-order valence-electron chi connectivity index (χ2n) is 23.4. The van der Waals surface area contributed by atoms with E-state index >= 15 is 0 Å². The van der Waals surface area contributed by atoms with E-state index in [1.165, 1.54) is 119 Å². The minimum atomic E-state index is 0.00277. The van der Waals surface area contributed by atoms with Gasteiger partial charge in [-0.1, -0.05) is 113 Å². The van der Waals surface area contributed by atoms with Crippen molar-refractivity contribution >= 4 is 79.2 Å². The summed E-state index contributed by atoms with van der Waals surface area (Å²) in [6, 6.07) is 36.0. The highest BCUT2D eigenvalue weighted by molar-refractivity contribution is 7.00. The number of furan rings is 1. The summed E-state index contributed by atoms with van der Waals surface area (Å²) in [5.74, 6) is 0. The third-order valence-corrected chi connectivity index (χ3v) is 15.9. The SMILES string of the molecule is Cc1cc2c3c(c1)N(c1ccccc1C)c1cc4c(cc1B3c1cc3c(cc1N2c1cc2c(cc1C)C(C)(C)CCC2(C)C)C(C)(C)CC3(C)C)oc1ccc(C(C)(C)C)cc14. The molecule has 0 saturated carbocycles. The van der Waals surface area contributed by atoms with Crippen LogP contribution in [-0.4, -0.2) is 6.71 Å². The van der Waals surface area contributed by atoms with E-state index in [0.717, 1.165) is 17.6 Å². The van der Waals surface area contributed by atoms with Gasteiger partial charge in [0.05, 0.1) is 0 Å². The van der Waals surface area contributed by atoms with Crippen LogP contribution in [0.4, 0.5) is 34.1 Å². The van der Waals surface area contributed by atoms with Gasteiger partial charge in [0.15, 0.2) is 0 Å². The van der Waals surface area contributed by atoms with Crippen molar-refractivity contribution in [2.45, 2.75) is 143 Å². The monoisotopic (exact) mass is 815 g/mol. The van der Waals surface area contributed by atoms with Crippen LogP contribution in [-0.2, 0) is 27.1 Å². The van der Waals surface area contributed by atoms with Crippen LogP contribution in [0.25, 0.3) is 21.9 Å². The molecule has 1 aromatic heterocycles. The molecular formula is C58H63BN2O. The highest BCUT2D eigenvalue weighted by Gasteiger charge is 2.49. The summed E-state index contributed by atoms with van der Waals surface area (Å²) in [6.45, 7) is 33.5. The molecule has 3 heterocycles. The van der Waals surface area contributed by atoms with Crippen molar-refractivity contribution in [2.75, 3.05) is 9.80 Å². The highest BCUT2D eigenvalue weighted by Crippen LogP contribution is 2.55. The number of fused-ring (bicyclic) bond motifs is 9. The van der Waals surface area contributed by atoms with Gasteiger partial charge in [-0.15, -0.1) is 0 Å². The second-order valence-corrected chi connectivity index (χ2v) is 23.4. The molecule has 314 valence electrons. The Kier molecular flexibility index (Phi) is 7.98. The standard InChI is InChI=1S/C58H63BN2O/c1-33-23-49-53-50(24-33)61(46-29-41-39(25-35(46)3)55(7,8)21-22-56(41,9)10)48-30-42-40(57(11,12)32-58(42,13)14)28-43(48)59(53)44-31-52-38(27-47(44)60(49)45-18-16-15-17-34(45)2)37-26-36(54(4,5)6)19-20-51(37)62-52/h15-20,23-31H,21-22,32H2,1-14H3. The number of para-hydroxylation sites is 1. The third-order valence-electron chi connectivity index (χ3n) is 15.9. The fourth-order valence-electron chi connectivity index (χ4n) is 12.6. The molecule has 0 spiro atoms. The lowest BCUT2D eigenvalue weighted by molar-refractivity contribution is 0.332. The fraction of sp³-hybridized carbons (Fsp3) is 0.379. The van der Waals surface area contributed by atoms with Crippen LogP contribution in [0, 0.1) is 20.8 Å². The lowest BCUT2D eigenvalue weighted by atomic mass is 9.33. The average Bonchev–Trinajstić information content (AvgIpc) is 3.63. The lowest BCUT2D eigenvalue weighted by Gasteiger charge is -2.46. The van der Waals surface area contributed by atoms with Crippen molar-refractivity contribution in [1.82, 2.24) is 0 Å². The molecule has 0 radical (unpaired) electrons. The number of aryl methyl sites for hydroxylation is 3. The molecule has 0 bridgehead atoms. The second kappa shape index (κ2) is 12.5. The Balaban J connectivity index is 1.28. The summed E-state index contributed by atoms with van der Waals surface area (Å²) >= 11 is 0.